The maximum absolute atomic E-state index is 13.2. The number of nitrogens with zero attached hydrogens (tertiary/aromatic N) is 1. The molecule has 0 unspecified atom stereocenters. The number of aryl methyl sites for hydroxylation is 1. The third-order valence-corrected chi connectivity index (χ3v) is 2.82. The van der Waals surface area contributed by atoms with E-state index < -0.39 is 11.6 Å². The van der Waals surface area contributed by atoms with Gasteiger partial charge in [-0.05, 0) is 36.8 Å². The largest absolute Gasteiger partial charge is 0.287 e. The number of aromatic nitrogens is 1. The summed E-state index contributed by atoms with van der Waals surface area (Å²) in [6.45, 7) is 1.71. The highest BCUT2D eigenvalue weighted by Gasteiger charge is 2.16. The third kappa shape index (κ3) is 2.68. The molecule has 18 heavy (non-hydrogen) atoms. The lowest BCUT2D eigenvalue weighted by molar-refractivity contribution is 0.103. The number of halogens is 3. The molecule has 0 aliphatic heterocycles. The van der Waals surface area contributed by atoms with Crippen molar-refractivity contribution in [2.24, 2.45) is 0 Å². The topological polar surface area (TPSA) is 30.0 Å². The molecule has 0 N–H and O–H groups in total. The fourth-order valence-electron chi connectivity index (χ4n) is 1.59. The Morgan fingerprint density at radius 3 is 2.56 bits per heavy atom. The van der Waals surface area contributed by atoms with E-state index >= 15 is 0 Å². The Morgan fingerprint density at radius 1 is 1.22 bits per heavy atom. The second kappa shape index (κ2) is 5.04. The number of carbonyl (C=O) groups is 1. The number of benzene rings is 1. The van der Waals surface area contributed by atoms with Crippen molar-refractivity contribution in [3.8, 4) is 0 Å². The van der Waals surface area contributed by atoms with Gasteiger partial charge in [0, 0.05) is 11.8 Å². The lowest BCUT2D eigenvalue weighted by Crippen LogP contribution is -2.05. The van der Waals surface area contributed by atoms with E-state index in [4.69, 9.17) is 23.2 Å². The smallest absolute Gasteiger partial charge is 0.212 e. The van der Waals surface area contributed by atoms with Crippen molar-refractivity contribution in [1.29, 1.82) is 0 Å². The molecule has 0 amide bonds. The number of hydrogen-bond donors (Lipinski definition) is 0. The summed E-state index contributed by atoms with van der Waals surface area (Å²) in [5.74, 6) is -0.900. The summed E-state index contributed by atoms with van der Waals surface area (Å²) in [5, 5.41) is 0.487. The van der Waals surface area contributed by atoms with E-state index in [9.17, 15) is 9.18 Å². The summed E-state index contributed by atoms with van der Waals surface area (Å²) in [6, 6.07) is 5.50. The molecular formula is C13H8Cl2FNO. The van der Waals surface area contributed by atoms with Gasteiger partial charge in [0.2, 0.25) is 5.78 Å². The second-order valence-electron chi connectivity index (χ2n) is 3.83. The Morgan fingerprint density at radius 2 is 1.94 bits per heavy atom. The fourth-order valence-corrected chi connectivity index (χ4v) is 2.05. The number of ketones is 1. The molecule has 0 aliphatic carbocycles. The molecule has 5 heteroatoms. The molecule has 0 atom stereocenters. The first kappa shape index (κ1) is 13.0. The van der Waals surface area contributed by atoms with Crippen LogP contribution in [0.15, 0.2) is 30.5 Å². The summed E-state index contributed by atoms with van der Waals surface area (Å²) in [7, 11) is 0. The van der Waals surface area contributed by atoms with Crippen LogP contribution in [0.3, 0.4) is 0 Å². The predicted octanol–water partition coefficient (Wildman–Crippen LogP) is 4.07. The molecule has 0 fully saturated rings. The van der Waals surface area contributed by atoms with Gasteiger partial charge in [0.1, 0.15) is 11.5 Å². The van der Waals surface area contributed by atoms with E-state index in [0.29, 0.717) is 10.6 Å². The number of rotatable bonds is 2. The SMILES string of the molecule is Cc1cc(F)cc(C(=O)c2ncc(Cl)cc2Cl)c1. The van der Waals surface area contributed by atoms with Crippen molar-refractivity contribution < 1.29 is 9.18 Å². The average molecular weight is 284 g/mol. The summed E-state index contributed by atoms with van der Waals surface area (Å²) in [6.07, 6.45) is 1.33. The van der Waals surface area contributed by atoms with Gasteiger partial charge in [-0.2, -0.15) is 0 Å². The molecule has 1 heterocycles. The van der Waals surface area contributed by atoms with Crippen LogP contribution in [0.5, 0.6) is 0 Å². The van der Waals surface area contributed by atoms with Gasteiger partial charge >= 0.3 is 0 Å². The van der Waals surface area contributed by atoms with Crippen LogP contribution in [-0.4, -0.2) is 10.8 Å². The lowest BCUT2D eigenvalue weighted by Gasteiger charge is -2.04. The van der Waals surface area contributed by atoms with Crippen LogP contribution in [0.25, 0.3) is 0 Å². The first-order valence-corrected chi connectivity index (χ1v) is 5.86. The van der Waals surface area contributed by atoms with Gasteiger partial charge in [-0.15, -0.1) is 0 Å². The minimum atomic E-state index is -0.469. The van der Waals surface area contributed by atoms with Crippen LogP contribution in [0.2, 0.25) is 10.0 Å². The molecule has 2 aromatic rings. The van der Waals surface area contributed by atoms with Gasteiger partial charge in [-0.1, -0.05) is 23.2 Å². The summed E-state index contributed by atoms with van der Waals surface area (Å²) >= 11 is 11.6. The molecule has 0 saturated heterocycles. The first-order valence-electron chi connectivity index (χ1n) is 5.10. The van der Waals surface area contributed by atoms with Crippen molar-refractivity contribution in [2.75, 3.05) is 0 Å². The van der Waals surface area contributed by atoms with Crippen LogP contribution in [0.1, 0.15) is 21.6 Å². The Kier molecular flexibility index (Phi) is 3.64. The van der Waals surface area contributed by atoms with Gasteiger partial charge in [-0.3, -0.25) is 4.79 Å². The van der Waals surface area contributed by atoms with E-state index in [1.807, 2.05) is 0 Å². The van der Waals surface area contributed by atoms with E-state index in [2.05, 4.69) is 4.98 Å². The van der Waals surface area contributed by atoms with Crippen LogP contribution in [-0.2, 0) is 0 Å². The van der Waals surface area contributed by atoms with Crippen molar-refractivity contribution in [3.63, 3.8) is 0 Å². The molecule has 1 aromatic heterocycles. The highest BCUT2D eigenvalue weighted by molar-refractivity contribution is 6.37. The highest BCUT2D eigenvalue weighted by atomic mass is 35.5. The lowest BCUT2D eigenvalue weighted by atomic mass is 10.0. The van der Waals surface area contributed by atoms with Gasteiger partial charge in [0.15, 0.2) is 0 Å². The zero-order chi connectivity index (χ0) is 13.3. The van der Waals surface area contributed by atoms with Gasteiger partial charge in [-0.25, -0.2) is 9.37 Å². The zero-order valence-corrected chi connectivity index (χ0v) is 10.9. The highest BCUT2D eigenvalue weighted by Crippen LogP contribution is 2.21. The molecular weight excluding hydrogens is 276 g/mol. The van der Waals surface area contributed by atoms with E-state index in [0.717, 1.165) is 6.07 Å². The molecule has 2 rings (SSSR count). The normalized spacial score (nSPS) is 10.4. The maximum Gasteiger partial charge on any atom is 0.212 e. The van der Waals surface area contributed by atoms with E-state index in [-0.39, 0.29) is 16.3 Å². The fraction of sp³-hybridized carbons (Fsp3) is 0.0769. The van der Waals surface area contributed by atoms with Gasteiger partial charge in [0.05, 0.1) is 10.0 Å². The molecule has 0 saturated carbocycles. The Hall–Kier alpha value is -1.45. The van der Waals surface area contributed by atoms with Gasteiger partial charge in [0.25, 0.3) is 0 Å². The zero-order valence-electron chi connectivity index (χ0n) is 9.38. The summed E-state index contributed by atoms with van der Waals surface area (Å²) in [5.41, 5.74) is 0.929. The third-order valence-electron chi connectivity index (χ3n) is 2.33. The Labute approximate surface area is 113 Å². The first-order chi connectivity index (χ1) is 8.47. The maximum atomic E-state index is 13.2. The van der Waals surface area contributed by atoms with E-state index in [1.165, 1.54) is 18.3 Å². The Balaban J connectivity index is 2.47. The summed E-state index contributed by atoms with van der Waals surface area (Å²) < 4.78 is 13.2. The minimum absolute atomic E-state index is 0.0612. The molecule has 2 nitrogen and oxygen atoms in total. The van der Waals surface area contributed by atoms with Crippen molar-refractivity contribution >= 4 is 29.0 Å². The number of carbonyl (C=O) groups excluding carboxylic acids is 1. The standard InChI is InChI=1S/C13H8Cl2FNO/c1-7-2-8(4-10(16)3-7)13(18)12-11(15)5-9(14)6-17-12/h2-6H,1H3. The predicted molar refractivity (Wildman–Crippen MR) is 68.8 cm³/mol. The van der Waals surface area contributed by atoms with Crippen molar-refractivity contribution in [3.05, 3.63) is 63.1 Å². The van der Waals surface area contributed by atoms with E-state index in [1.54, 1.807) is 13.0 Å². The molecule has 92 valence electrons. The van der Waals surface area contributed by atoms with Gasteiger partial charge < -0.3 is 0 Å². The number of pyridine rings is 1. The molecule has 0 spiro atoms. The van der Waals surface area contributed by atoms with Crippen molar-refractivity contribution in [1.82, 2.24) is 4.98 Å². The molecule has 0 aliphatic rings. The Bertz CT molecular complexity index is 608. The van der Waals surface area contributed by atoms with Crippen LogP contribution in [0, 0.1) is 12.7 Å². The minimum Gasteiger partial charge on any atom is -0.287 e. The average Bonchev–Trinajstić information content (AvgIpc) is 2.26. The molecule has 1 aromatic carbocycles. The summed E-state index contributed by atoms with van der Waals surface area (Å²) in [4.78, 5) is 16.0. The molecule has 0 radical (unpaired) electrons. The quantitative estimate of drug-likeness (QED) is 0.778. The van der Waals surface area contributed by atoms with Crippen LogP contribution in [0.4, 0.5) is 4.39 Å². The number of hydrogen-bond acceptors (Lipinski definition) is 2. The van der Waals surface area contributed by atoms with Crippen LogP contribution >= 0.6 is 23.2 Å². The monoisotopic (exact) mass is 283 g/mol. The van der Waals surface area contributed by atoms with Crippen LogP contribution < -0.4 is 0 Å². The second-order valence-corrected chi connectivity index (χ2v) is 4.67. The molecule has 0 bridgehead atoms. The van der Waals surface area contributed by atoms with Crippen molar-refractivity contribution in [2.45, 2.75) is 6.92 Å².